The normalized spacial score (nSPS) is 10.3. The highest BCUT2D eigenvalue weighted by Gasteiger charge is 2.05. The number of benzene rings is 2. The topological polar surface area (TPSA) is 38.5 Å². The molecule has 2 aromatic rings. The molecule has 19 heavy (non-hydrogen) atoms. The summed E-state index contributed by atoms with van der Waals surface area (Å²) in [6, 6.07) is 14.3. The van der Waals surface area contributed by atoms with Crippen LogP contribution < -0.4 is 15.4 Å². The molecule has 0 unspecified atom stereocenters. The van der Waals surface area contributed by atoms with E-state index in [1.165, 1.54) is 11.3 Å². The molecule has 0 saturated heterocycles. The van der Waals surface area contributed by atoms with Gasteiger partial charge in [0.1, 0.15) is 5.75 Å². The molecule has 0 atom stereocenters. The van der Waals surface area contributed by atoms with Crippen LogP contribution >= 0.6 is 0 Å². The predicted octanol–water partition coefficient (Wildman–Crippen LogP) is 3.22. The van der Waals surface area contributed by atoms with Gasteiger partial charge in [-0.2, -0.15) is 0 Å². The lowest BCUT2D eigenvalue weighted by Gasteiger charge is -2.20. The van der Waals surface area contributed by atoms with Gasteiger partial charge >= 0.3 is 0 Å². The molecule has 0 saturated carbocycles. The summed E-state index contributed by atoms with van der Waals surface area (Å²) in [5.74, 6) is 0.799. The van der Waals surface area contributed by atoms with Gasteiger partial charge in [0.05, 0.1) is 7.11 Å². The van der Waals surface area contributed by atoms with E-state index in [-0.39, 0.29) is 0 Å². The lowest BCUT2D eigenvalue weighted by Crippen LogP contribution is -2.16. The molecule has 0 bridgehead atoms. The third-order valence-electron chi connectivity index (χ3n) is 3.09. The first-order valence-corrected chi connectivity index (χ1v) is 6.30. The Hall–Kier alpha value is -2.16. The molecule has 0 aliphatic heterocycles. The number of nitrogens with two attached hydrogens (primary N) is 1. The largest absolute Gasteiger partial charge is 0.497 e. The smallest absolute Gasteiger partial charge is 0.121 e. The van der Waals surface area contributed by atoms with Gasteiger partial charge in [-0.3, -0.25) is 0 Å². The fraction of sp³-hybridized carbons (Fsp3) is 0.250. The van der Waals surface area contributed by atoms with Gasteiger partial charge in [-0.05, 0) is 42.3 Å². The maximum absolute atomic E-state index is 5.87. The standard InChI is InChI=1S/C16H20N2O/c1-12-5-4-6-15(7-12)18(2)11-13-8-14(17)10-16(9-13)19-3/h4-10H,11,17H2,1-3H3. The summed E-state index contributed by atoms with van der Waals surface area (Å²) in [7, 11) is 3.73. The van der Waals surface area contributed by atoms with Crippen LogP contribution in [0.4, 0.5) is 11.4 Å². The summed E-state index contributed by atoms with van der Waals surface area (Å²) in [4.78, 5) is 2.20. The van der Waals surface area contributed by atoms with Crippen LogP contribution in [-0.4, -0.2) is 14.2 Å². The summed E-state index contributed by atoms with van der Waals surface area (Å²) >= 11 is 0. The zero-order valence-electron chi connectivity index (χ0n) is 11.7. The molecule has 2 aromatic carbocycles. The maximum Gasteiger partial charge on any atom is 0.121 e. The Labute approximate surface area is 114 Å². The van der Waals surface area contributed by atoms with Crippen molar-refractivity contribution in [1.29, 1.82) is 0 Å². The van der Waals surface area contributed by atoms with Crippen LogP contribution in [-0.2, 0) is 6.54 Å². The predicted molar refractivity (Wildman–Crippen MR) is 80.7 cm³/mol. The van der Waals surface area contributed by atoms with Gasteiger partial charge in [0.2, 0.25) is 0 Å². The summed E-state index contributed by atoms with van der Waals surface area (Å²) in [6.45, 7) is 2.89. The molecule has 0 aliphatic rings. The molecule has 0 amide bonds. The number of hydrogen-bond donors (Lipinski definition) is 1. The number of rotatable bonds is 4. The summed E-state index contributed by atoms with van der Waals surface area (Å²) < 4.78 is 5.24. The summed E-state index contributed by atoms with van der Waals surface area (Å²) in [5, 5.41) is 0. The number of nitrogens with zero attached hydrogens (tertiary/aromatic N) is 1. The van der Waals surface area contributed by atoms with E-state index in [0.29, 0.717) is 0 Å². The van der Waals surface area contributed by atoms with Crippen molar-refractivity contribution < 1.29 is 4.74 Å². The van der Waals surface area contributed by atoms with E-state index in [1.807, 2.05) is 18.2 Å². The van der Waals surface area contributed by atoms with Crippen molar-refractivity contribution in [2.75, 3.05) is 24.8 Å². The van der Waals surface area contributed by atoms with E-state index in [9.17, 15) is 0 Å². The molecule has 2 N–H and O–H groups in total. The average Bonchev–Trinajstić information content (AvgIpc) is 2.38. The van der Waals surface area contributed by atoms with E-state index in [1.54, 1.807) is 7.11 Å². The van der Waals surface area contributed by atoms with Gasteiger partial charge in [-0.15, -0.1) is 0 Å². The lowest BCUT2D eigenvalue weighted by atomic mass is 10.1. The van der Waals surface area contributed by atoms with E-state index in [4.69, 9.17) is 10.5 Å². The van der Waals surface area contributed by atoms with Gasteiger partial charge in [-0.1, -0.05) is 12.1 Å². The Kier molecular flexibility index (Phi) is 3.95. The van der Waals surface area contributed by atoms with Crippen molar-refractivity contribution in [2.45, 2.75) is 13.5 Å². The van der Waals surface area contributed by atoms with Crippen molar-refractivity contribution in [3.8, 4) is 5.75 Å². The van der Waals surface area contributed by atoms with E-state index >= 15 is 0 Å². The number of ether oxygens (including phenoxy) is 1. The molecule has 0 heterocycles. The average molecular weight is 256 g/mol. The summed E-state index contributed by atoms with van der Waals surface area (Å²) in [5.41, 5.74) is 10.2. The molecule has 0 radical (unpaired) electrons. The van der Waals surface area contributed by atoms with Crippen LogP contribution in [0.25, 0.3) is 0 Å². The molecule has 3 nitrogen and oxygen atoms in total. The fourth-order valence-corrected chi connectivity index (χ4v) is 2.13. The van der Waals surface area contributed by atoms with Crippen LogP contribution in [0.5, 0.6) is 5.75 Å². The number of anilines is 2. The van der Waals surface area contributed by atoms with Crippen LogP contribution in [0, 0.1) is 6.92 Å². The zero-order valence-corrected chi connectivity index (χ0v) is 11.7. The first-order chi connectivity index (χ1) is 9.08. The molecule has 2 rings (SSSR count). The highest BCUT2D eigenvalue weighted by atomic mass is 16.5. The van der Waals surface area contributed by atoms with E-state index in [0.717, 1.165) is 23.5 Å². The zero-order chi connectivity index (χ0) is 13.8. The molecule has 3 heteroatoms. The second kappa shape index (κ2) is 5.65. The van der Waals surface area contributed by atoms with Crippen LogP contribution in [0.2, 0.25) is 0 Å². The number of hydrogen-bond acceptors (Lipinski definition) is 3. The second-order valence-corrected chi connectivity index (χ2v) is 4.81. The Morgan fingerprint density at radius 2 is 1.95 bits per heavy atom. The summed E-state index contributed by atoms with van der Waals surface area (Å²) in [6.07, 6.45) is 0. The van der Waals surface area contributed by atoms with Crippen molar-refractivity contribution in [2.24, 2.45) is 0 Å². The number of methoxy groups -OCH3 is 1. The molecular weight excluding hydrogens is 236 g/mol. The maximum atomic E-state index is 5.87. The minimum atomic E-state index is 0.729. The first kappa shape index (κ1) is 13.3. The van der Waals surface area contributed by atoms with Crippen LogP contribution in [0.3, 0.4) is 0 Å². The second-order valence-electron chi connectivity index (χ2n) is 4.81. The number of nitrogen functional groups attached to an aromatic ring is 1. The SMILES string of the molecule is COc1cc(N)cc(CN(C)c2cccc(C)c2)c1. The lowest BCUT2D eigenvalue weighted by molar-refractivity contribution is 0.414. The van der Waals surface area contributed by atoms with E-state index in [2.05, 4.69) is 43.1 Å². The highest BCUT2D eigenvalue weighted by molar-refractivity contribution is 5.51. The quantitative estimate of drug-likeness (QED) is 0.854. The minimum absolute atomic E-state index is 0.729. The van der Waals surface area contributed by atoms with Crippen molar-refractivity contribution in [1.82, 2.24) is 0 Å². The Morgan fingerprint density at radius 1 is 1.16 bits per heavy atom. The Morgan fingerprint density at radius 3 is 2.63 bits per heavy atom. The third kappa shape index (κ3) is 3.41. The van der Waals surface area contributed by atoms with Crippen molar-refractivity contribution in [3.63, 3.8) is 0 Å². The van der Waals surface area contributed by atoms with Gasteiger partial charge in [0.15, 0.2) is 0 Å². The molecular formula is C16H20N2O. The number of aryl methyl sites for hydroxylation is 1. The Balaban J connectivity index is 2.18. The first-order valence-electron chi connectivity index (χ1n) is 6.30. The fourth-order valence-electron chi connectivity index (χ4n) is 2.13. The van der Waals surface area contributed by atoms with Gasteiger partial charge in [0.25, 0.3) is 0 Å². The Bertz CT molecular complexity index is 566. The van der Waals surface area contributed by atoms with Crippen molar-refractivity contribution in [3.05, 3.63) is 53.6 Å². The van der Waals surface area contributed by atoms with Gasteiger partial charge in [-0.25, -0.2) is 0 Å². The molecule has 0 spiro atoms. The third-order valence-corrected chi connectivity index (χ3v) is 3.09. The minimum Gasteiger partial charge on any atom is -0.497 e. The molecule has 0 fully saturated rings. The molecule has 0 aliphatic carbocycles. The van der Waals surface area contributed by atoms with Crippen molar-refractivity contribution >= 4 is 11.4 Å². The van der Waals surface area contributed by atoms with Crippen LogP contribution in [0.1, 0.15) is 11.1 Å². The van der Waals surface area contributed by atoms with Crippen LogP contribution in [0.15, 0.2) is 42.5 Å². The molecule has 100 valence electrons. The van der Waals surface area contributed by atoms with E-state index < -0.39 is 0 Å². The van der Waals surface area contributed by atoms with Gasteiger partial charge in [0, 0.05) is 31.0 Å². The highest BCUT2D eigenvalue weighted by Crippen LogP contribution is 2.22. The molecule has 0 aromatic heterocycles. The monoisotopic (exact) mass is 256 g/mol. The van der Waals surface area contributed by atoms with Gasteiger partial charge < -0.3 is 15.4 Å².